The van der Waals surface area contributed by atoms with Gasteiger partial charge in [0.15, 0.2) is 0 Å². The van der Waals surface area contributed by atoms with E-state index >= 15 is 0 Å². The van der Waals surface area contributed by atoms with Gasteiger partial charge in [-0.15, -0.1) is 0 Å². The normalized spacial score (nSPS) is 11.1. The maximum atomic E-state index is 12.5. The van der Waals surface area contributed by atoms with E-state index in [-0.39, 0.29) is 5.91 Å². The van der Waals surface area contributed by atoms with Gasteiger partial charge in [-0.05, 0) is 49.2 Å². The number of hydrogen-bond donors (Lipinski definition) is 1. The molecule has 0 fully saturated rings. The molecule has 0 aliphatic heterocycles. The molecule has 2 aromatic rings. The molecule has 0 unspecified atom stereocenters. The van der Waals surface area contributed by atoms with E-state index in [2.05, 4.69) is 5.32 Å². The van der Waals surface area contributed by atoms with Crippen LogP contribution in [0.4, 0.5) is 0 Å². The molecule has 0 heterocycles. The number of ether oxygens (including phenoxy) is 1. The number of hydrogen-bond acceptors (Lipinski definition) is 2. The Morgan fingerprint density at radius 3 is 2.45 bits per heavy atom. The van der Waals surface area contributed by atoms with Crippen LogP contribution in [0.3, 0.4) is 0 Å². The van der Waals surface area contributed by atoms with Gasteiger partial charge < -0.3 is 10.1 Å². The van der Waals surface area contributed by atoms with Crippen LogP contribution in [0.1, 0.15) is 25.0 Å². The zero-order valence-corrected chi connectivity index (χ0v) is 13.8. The highest BCUT2D eigenvalue weighted by Crippen LogP contribution is 2.26. The van der Waals surface area contributed by atoms with Crippen molar-refractivity contribution in [2.24, 2.45) is 0 Å². The monoisotopic (exact) mass is 317 g/mol. The molecule has 1 amide bonds. The van der Waals surface area contributed by atoms with Gasteiger partial charge in [-0.25, -0.2) is 0 Å². The van der Waals surface area contributed by atoms with Gasteiger partial charge in [0.25, 0.3) is 0 Å². The number of carbonyl (C=O) groups is 1. The topological polar surface area (TPSA) is 38.3 Å². The van der Waals surface area contributed by atoms with Crippen LogP contribution in [-0.4, -0.2) is 13.0 Å². The van der Waals surface area contributed by atoms with Crippen LogP contribution >= 0.6 is 11.6 Å². The molecule has 1 N–H and O–H groups in total. The highest BCUT2D eigenvalue weighted by atomic mass is 35.5. The molecule has 0 saturated carbocycles. The SMILES string of the molecule is COc1ccc(CNC(=O)C(C)(C)c2cccc(Cl)c2)cc1. The third-order valence-electron chi connectivity index (χ3n) is 3.73. The van der Waals surface area contributed by atoms with Crippen LogP contribution in [-0.2, 0) is 16.8 Å². The minimum Gasteiger partial charge on any atom is -0.497 e. The Hall–Kier alpha value is -2.00. The molecule has 3 nitrogen and oxygen atoms in total. The van der Waals surface area contributed by atoms with Crippen molar-refractivity contribution >= 4 is 17.5 Å². The average molecular weight is 318 g/mol. The van der Waals surface area contributed by atoms with Gasteiger partial charge in [0, 0.05) is 11.6 Å². The average Bonchev–Trinajstić information content (AvgIpc) is 2.53. The summed E-state index contributed by atoms with van der Waals surface area (Å²) in [5, 5.41) is 3.60. The minimum atomic E-state index is -0.641. The van der Waals surface area contributed by atoms with E-state index < -0.39 is 5.41 Å². The standard InChI is InChI=1S/C18H20ClNO2/c1-18(2,14-5-4-6-15(19)11-14)17(21)20-12-13-7-9-16(22-3)10-8-13/h4-11H,12H2,1-3H3,(H,20,21). The summed E-state index contributed by atoms with van der Waals surface area (Å²) < 4.78 is 5.12. The van der Waals surface area contributed by atoms with Crippen molar-refractivity contribution in [1.29, 1.82) is 0 Å². The quantitative estimate of drug-likeness (QED) is 0.907. The Labute approximate surface area is 136 Å². The summed E-state index contributed by atoms with van der Waals surface area (Å²) in [6.07, 6.45) is 0. The molecule has 2 aromatic carbocycles. The van der Waals surface area contributed by atoms with Gasteiger partial charge in [-0.3, -0.25) is 4.79 Å². The van der Waals surface area contributed by atoms with Gasteiger partial charge in [0.1, 0.15) is 5.75 Å². The molecule has 0 aliphatic rings. The summed E-state index contributed by atoms with van der Waals surface area (Å²) in [6.45, 7) is 4.26. The molecule has 22 heavy (non-hydrogen) atoms. The Bertz CT molecular complexity index is 650. The van der Waals surface area contributed by atoms with Crippen LogP contribution in [0.5, 0.6) is 5.75 Å². The molecule has 0 saturated heterocycles. The second kappa shape index (κ2) is 6.84. The van der Waals surface area contributed by atoms with E-state index in [9.17, 15) is 4.79 Å². The molecule has 0 aliphatic carbocycles. The highest BCUT2D eigenvalue weighted by Gasteiger charge is 2.29. The van der Waals surface area contributed by atoms with Crippen LogP contribution in [0.2, 0.25) is 5.02 Å². The van der Waals surface area contributed by atoms with E-state index in [1.54, 1.807) is 13.2 Å². The Morgan fingerprint density at radius 1 is 1.18 bits per heavy atom. The molecule has 116 valence electrons. The van der Waals surface area contributed by atoms with Crippen molar-refractivity contribution < 1.29 is 9.53 Å². The molecule has 0 atom stereocenters. The van der Waals surface area contributed by atoms with E-state index in [1.165, 1.54) is 0 Å². The van der Waals surface area contributed by atoms with Gasteiger partial charge in [0.2, 0.25) is 5.91 Å². The largest absolute Gasteiger partial charge is 0.497 e. The third-order valence-corrected chi connectivity index (χ3v) is 3.96. The zero-order valence-electron chi connectivity index (χ0n) is 13.0. The maximum Gasteiger partial charge on any atom is 0.230 e. The van der Waals surface area contributed by atoms with Gasteiger partial charge in [-0.1, -0.05) is 35.9 Å². The fraction of sp³-hybridized carbons (Fsp3) is 0.278. The first-order valence-corrected chi connectivity index (χ1v) is 7.48. The lowest BCUT2D eigenvalue weighted by molar-refractivity contribution is -0.125. The Kier molecular flexibility index (Phi) is 5.09. The van der Waals surface area contributed by atoms with Crippen LogP contribution in [0.15, 0.2) is 48.5 Å². The second-order valence-electron chi connectivity index (χ2n) is 5.67. The molecular formula is C18H20ClNO2. The van der Waals surface area contributed by atoms with Crippen molar-refractivity contribution in [2.75, 3.05) is 7.11 Å². The smallest absolute Gasteiger partial charge is 0.230 e. The molecular weight excluding hydrogens is 298 g/mol. The van der Waals surface area contributed by atoms with Crippen molar-refractivity contribution in [3.63, 3.8) is 0 Å². The number of halogens is 1. The van der Waals surface area contributed by atoms with Gasteiger partial charge in [0.05, 0.1) is 12.5 Å². The van der Waals surface area contributed by atoms with E-state index in [0.717, 1.165) is 16.9 Å². The first-order chi connectivity index (χ1) is 10.4. The summed E-state index contributed by atoms with van der Waals surface area (Å²) in [4.78, 5) is 12.5. The highest BCUT2D eigenvalue weighted by molar-refractivity contribution is 6.30. The number of rotatable bonds is 5. The zero-order chi connectivity index (χ0) is 16.2. The molecule has 0 aromatic heterocycles. The third kappa shape index (κ3) is 3.80. The number of amides is 1. The lowest BCUT2D eigenvalue weighted by Crippen LogP contribution is -2.39. The Morgan fingerprint density at radius 2 is 1.86 bits per heavy atom. The van der Waals surface area contributed by atoms with Crippen LogP contribution in [0, 0.1) is 0 Å². The predicted octanol–water partition coefficient (Wildman–Crippen LogP) is 3.94. The summed E-state index contributed by atoms with van der Waals surface area (Å²) in [6, 6.07) is 15.0. The fourth-order valence-electron chi connectivity index (χ4n) is 2.16. The second-order valence-corrected chi connectivity index (χ2v) is 6.10. The number of benzene rings is 2. The van der Waals surface area contributed by atoms with E-state index in [4.69, 9.17) is 16.3 Å². The van der Waals surface area contributed by atoms with E-state index in [1.807, 2.05) is 56.3 Å². The summed E-state index contributed by atoms with van der Waals surface area (Å²) >= 11 is 6.01. The lowest BCUT2D eigenvalue weighted by atomic mass is 9.83. The summed E-state index contributed by atoms with van der Waals surface area (Å²) in [7, 11) is 1.63. The lowest BCUT2D eigenvalue weighted by Gasteiger charge is -2.24. The number of nitrogens with one attached hydrogen (secondary N) is 1. The van der Waals surface area contributed by atoms with Crippen molar-refractivity contribution in [1.82, 2.24) is 5.32 Å². The predicted molar refractivity (Wildman–Crippen MR) is 89.3 cm³/mol. The first-order valence-electron chi connectivity index (χ1n) is 7.11. The van der Waals surface area contributed by atoms with Crippen molar-refractivity contribution in [3.05, 3.63) is 64.7 Å². The molecule has 0 bridgehead atoms. The molecule has 4 heteroatoms. The maximum absolute atomic E-state index is 12.5. The fourth-order valence-corrected chi connectivity index (χ4v) is 2.35. The van der Waals surface area contributed by atoms with Crippen molar-refractivity contribution in [3.8, 4) is 5.75 Å². The molecule has 2 rings (SSSR count). The van der Waals surface area contributed by atoms with Crippen LogP contribution in [0.25, 0.3) is 0 Å². The number of carbonyl (C=O) groups excluding carboxylic acids is 1. The number of methoxy groups -OCH3 is 1. The molecule has 0 spiro atoms. The first kappa shape index (κ1) is 16.4. The summed E-state index contributed by atoms with van der Waals surface area (Å²) in [5.41, 5.74) is 1.28. The minimum absolute atomic E-state index is 0.0365. The van der Waals surface area contributed by atoms with Gasteiger partial charge in [-0.2, -0.15) is 0 Å². The molecule has 0 radical (unpaired) electrons. The van der Waals surface area contributed by atoms with Gasteiger partial charge >= 0.3 is 0 Å². The van der Waals surface area contributed by atoms with Crippen LogP contribution < -0.4 is 10.1 Å². The Balaban J connectivity index is 2.04. The van der Waals surface area contributed by atoms with Crippen molar-refractivity contribution in [2.45, 2.75) is 25.8 Å². The van der Waals surface area contributed by atoms with E-state index in [0.29, 0.717) is 11.6 Å². The summed E-state index contributed by atoms with van der Waals surface area (Å²) in [5.74, 6) is 0.764.